The van der Waals surface area contributed by atoms with Crippen molar-refractivity contribution in [1.82, 2.24) is 15.0 Å². The maximum absolute atomic E-state index is 12.8. The summed E-state index contributed by atoms with van der Waals surface area (Å²) in [7, 11) is 1.58. The SMILES string of the molecule is COc1cccc(NC(=O)[C@H](C)Nc2nc(Nc3ccccc3)nc(Nc3ccccc3)n2)c1. The molecule has 1 heterocycles. The molecule has 4 N–H and O–H groups in total. The van der Waals surface area contributed by atoms with Gasteiger partial charge in [-0.3, -0.25) is 4.79 Å². The average Bonchev–Trinajstić information content (AvgIpc) is 2.85. The number of hydrogen-bond acceptors (Lipinski definition) is 8. The molecule has 34 heavy (non-hydrogen) atoms. The smallest absolute Gasteiger partial charge is 0.246 e. The Morgan fingerprint density at radius 3 is 1.82 bits per heavy atom. The molecule has 0 unspecified atom stereocenters. The summed E-state index contributed by atoms with van der Waals surface area (Å²) >= 11 is 0. The van der Waals surface area contributed by atoms with Crippen molar-refractivity contribution in [2.75, 3.05) is 28.4 Å². The van der Waals surface area contributed by atoms with Crippen LogP contribution in [0.1, 0.15) is 6.92 Å². The summed E-state index contributed by atoms with van der Waals surface area (Å²) in [5.41, 5.74) is 2.29. The number of rotatable bonds is 9. The molecule has 0 spiro atoms. The highest BCUT2D eigenvalue weighted by Crippen LogP contribution is 2.20. The van der Waals surface area contributed by atoms with Crippen molar-refractivity contribution >= 4 is 40.8 Å². The number of aromatic nitrogens is 3. The van der Waals surface area contributed by atoms with E-state index in [1.165, 1.54) is 0 Å². The van der Waals surface area contributed by atoms with Gasteiger partial charge in [0.15, 0.2) is 0 Å². The lowest BCUT2D eigenvalue weighted by Gasteiger charge is -2.16. The summed E-state index contributed by atoms with van der Waals surface area (Å²) in [4.78, 5) is 26.1. The summed E-state index contributed by atoms with van der Waals surface area (Å²) in [6.07, 6.45) is 0. The second kappa shape index (κ2) is 10.8. The molecule has 4 aromatic rings. The second-order valence-corrected chi connectivity index (χ2v) is 7.38. The number of carbonyl (C=O) groups excluding carboxylic acids is 1. The number of benzene rings is 3. The molecule has 1 amide bonds. The predicted octanol–water partition coefficient (Wildman–Crippen LogP) is 4.81. The van der Waals surface area contributed by atoms with Crippen LogP contribution in [0.5, 0.6) is 5.75 Å². The maximum atomic E-state index is 12.8. The molecule has 9 heteroatoms. The molecule has 0 aliphatic heterocycles. The van der Waals surface area contributed by atoms with Crippen LogP contribution in [0.15, 0.2) is 84.9 Å². The topological polar surface area (TPSA) is 113 Å². The van der Waals surface area contributed by atoms with E-state index in [4.69, 9.17) is 4.74 Å². The van der Waals surface area contributed by atoms with Gasteiger partial charge in [0.05, 0.1) is 7.11 Å². The van der Waals surface area contributed by atoms with Crippen molar-refractivity contribution in [3.63, 3.8) is 0 Å². The van der Waals surface area contributed by atoms with Crippen molar-refractivity contribution in [3.05, 3.63) is 84.9 Å². The first-order chi connectivity index (χ1) is 16.6. The quantitative estimate of drug-likeness (QED) is 0.284. The van der Waals surface area contributed by atoms with Gasteiger partial charge in [0.1, 0.15) is 11.8 Å². The van der Waals surface area contributed by atoms with Gasteiger partial charge in [-0.15, -0.1) is 0 Å². The Morgan fingerprint density at radius 2 is 1.26 bits per heavy atom. The van der Waals surface area contributed by atoms with Crippen LogP contribution in [0, 0.1) is 0 Å². The third kappa shape index (κ3) is 6.19. The lowest BCUT2D eigenvalue weighted by atomic mass is 10.2. The van der Waals surface area contributed by atoms with Gasteiger partial charge in [0, 0.05) is 23.1 Å². The zero-order valence-electron chi connectivity index (χ0n) is 18.8. The molecular weight excluding hydrogens is 430 g/mol. The Kier molecular flexibility index (Phi) is 7.14. The Morgan fingerprint density at radius 1 is 0.735 bits per heavy atom. The van der Waals surface area contributed by atoms with Gasteiger partial charge in [-0.05, 0) is 43.3 Å². The number of nitrogens with one attached hydrogen (secondary N) is 4. The summed E-state index contributed by atoms with van der Waals surface area (Å²) in [5, 5.41) is 12.3. The fraction of sp³-hybridized carbons (Fsp3) is 0.120. The summed E-state index contributed by atoms with van der Waals surface area (Å²) in [6.45, 7) is 1.73. The van der Waals surface area contributed by atoms with Gasteiger partial charge in [0.2, 0.25) is 23.8 Å². The molecule has 0 bridgehead atoms. The van der Waals surface area contributed by atoms with E-state index in [0.717, 1.165) is 11.4 Å². The number of methoxy groups -OCH3 is 1. The van der Waals surface area contributed by atoms with E-state index in [9.17, 15) is 4.79 Å². The lowest BCUT2D eigenvalue weighted by molar-refractivity contribution is -0.116. The number of anilines is 6. The molecule has 3 aromatic carbocycles. The van der Waals surface area contributed by atoms with E-state index in [1.54, 1.807) is 26.2 Å². The molecule has 0 saturated carbocycles. The van der Waals surface area contributed by atoms with Crippen LogP contribution in [-0.4, -0.2) is 34.0 Å². The first-order valence-corrected chi connectivity index (χ1v) is 10.7. The standard InChI is InChI=1S/C25H25N7O2/c1-17(22(33)27-20-14-9-15-21(16-20)34-2)26-23-30-24(28-18-10-5-3-6-11-18)32-25(31-23)29-19-12-7-4-8-13-19/h3-17H,1-2H3,(H,27,33)(H3,26,28,29,30,31,32)/t17-/m0/s1. The van der Waals surface area contributed by atoms with Gasteiger partial charge < -0.3 is 26.0 Å². The van der Waals surface area contributed by atoms with Crippen molar-refractivity contribution < 1.29 is 9.53 Å². The van der Waals surface area contributed by atoms with Gasteiger partial charge in [0.25, 0.3) is 0 Å². The predicted molar refractivity (Wildman–Crippen MR) is 134 cm³/mol. The van der Waals surface area contributed by atoms with Crippen molar-refractivity contribution in [1.29, 1.82) is 0 Å². The van der Waals surface area contributed by atoms with E-state index in [0.29, 0.717) is 23.3 Å². The number of ether oxygens (including phenoxy) is 1. The molecular formula is C25H25N7O2. The molecule has 0 aliphatic carbocycles. The third-order valence-electron chi connectivity index (χ3n) is 4.77. The Hall–Kier alpha value is -4.66. The molecule has 0 fully saturated rings. The van der Waals surface area contributed by atoms with Crippen LogP contribution in [0.4, 0.5) is 34.9 Å². The van der Waals surface area contributed by atoms with Crippen LogP contribution in [0.25, 0.3) is 0 Å². The van der Waals surface area contributed by atoms with Gasteiger partial charge in [-0.25, -0.2) is 0 Å². The monoisotopic (exact) mass is 455 g/mol. The van der Waals surface area contributed by atoms with Crippen molar-refractivity contribution in [3.8, 4) is 5.75 Å². The van der Waals surface area contributed by atoms with Crippen LogP contribution in [-0.2, 0) is 4.79 Å². The van der Waals surface area contributed by atoms with Crippen LogP contribution in [0.3, 0.4) is 0 Å². The lowest BCUT2D eigenvalue weighted by Crippen LogP contribution is -2.32. The molecule has 9 nitrogen and oxygen atoms in total. The molecule has 0 aliphatic rings. The van der Waals surface area contributed by atoms with Gasteiger partial charge in [-0.2, -0.15) is 15.0 Å². The van der Waals surface area contributed by atoms with Gasteiger partial charge in [-0.1, -0.05) is 42.5 Å². The van der Waals surface area contributed by atoms with E-state index in [2.05, 4.69) is 36.2 Å². The average molecular weight is 456 g/mol. The maximum Gasteiger partial charge on any atom is 0.246 e. The second-order valence-electron chi connectivity index (χ2n) is 7.38. The van der Waals surface area contributed by atoms with Crippen LogP contribution < -0.4 is 26.0 Å². The first kappa shape index (κ1) is 22.5. The van der Waals surface area contributed by atoms with E-state index < -0.39 is 6.04 Å². The first-order valence-electron chi connectivity index (χ1n) is 10.7. The molecule has 0 radical (unpaired) electrons. The van der Waals surface area contributed by atoms with Crippen molar-refractivity contribution in [2.24, 2.45) is 0 Å². The largest absolute Gasteiger partial charge is 0.497 e. The summed E-state index contributed by atoms with van der Waals surface area (Å²) in [6, 6.07) is 25.7. The summed E-state index contributed by atoms with van der Waals surface area (Å²) < 4.78 is 5.21. The molecule has 1 atom stereocenters. The highest BCUT2D eigenvalue weighted by Gasteiger charge is 2.16. The summed E-state index contributed by atoms with van der Waals surface area (Å²) in [5.74, 6) is 1.33. The highest BCUT2D eigenvalue weighted by atomic mass is 16.5. The number of carbonyl (C=O) groups is 1. The number of amides is 1. The molecule has 4 rings (SSSR count). The zero-order chi connectivity index (χ0) is 23.8. The number of para-hydroxylation sites is 2. The van der Waals surface area contributed by atoms with Crippen molar-refractivity contribution in [2.45, 2.75) is 13.0 Å². The third-order valence-corrected chi connectivity index (χ3v) is 4.77. The zero-order valence-corrected chi connectivity index (χ0v) is 18.8. The number of nitrogens with zero attached hydrogens (tertiary/aromatic N) is 3. The fourth-order valence-electron chi connectivity index (χ4n) is 3.06. The minimum absolute atomic E-state index is 0.246. The molecule has 172 valence electrons. The Balaban J connectivity index is 1.53. The van der Waals surface area contributed by atoms with Gasteiger partial charge >= 0.3 is 0 Å². The normalized spacial score (nSPS) is 11.2. The molecule has 0 saturated heterocycles. The fourth-order valence-corrected chi connectivity index (χ4v) is 3.06. The van der Waals surface area contributed by atoms with E-state index in [1.807, 2.05) is 72.8 Å². The Labute approximate surface area is 197 Å². The van der Waals surface area contributed by atoms with E-state index >= 15 is 0 Å². The van der Waals surface area contributed by atoms with Crippen LogP contribution >= 0.6 is 0 Å². The van der Waals surface area contributed by atoms with E-state index in [-0.39, 0.29) is 11.9 Å². The Bertz CT molecular complexity index is 1180. The minimum atomic E-state index is -0.622. The minimum Gasteiger partial charge on any atom is -0.497 e. The number of hydrogen-bond donors (Lipinski definition) is 4. The van der Waals surface area contributed by atoms with Crippen LogP contribution in [0.2, 0.25) is 0 Å². The highest BCUT2D eigenvalue weighted by molar-refractivity contribution is 5.96. The molecule has 1 aromatic heterocycles.